The van der Waals surface area contributed by atoms with Gasteiger partial charge in [0.25, 0.3) is 0 Å². The fraction of sp³-hybridized carbons (Fsp3) is 0.538. The van der Waals surface area contributed by atoms with Crippen LogP contribution in [0.2, 0.25) is 0 Å². The molecule has 0 atom stereocenters. The van der Waals surface area contributed by atoms with Gasteiger partial charge < -0.3 is 15.8 Å². The van der Waals surface area contributed by atoms with Crippen molar-refractivity contribution in [3.8, 4) is 5.75 Å². The van der Waals surface area contributed by atoms with Gasteiger partial charge in [-0.25, -0.2) is 0 Å². The van der Waals surface area contributed by atoms with Crippen LogP contribution in [0.3, 0.4) is 0 Å². The number of benzene rings is 1. The van der Waals surface area contributed by atoms with Gasteiger partial charge in [-0.2, -0.15) is 0 Å². The molecule has 1 aliphatic carbocycles. The Bertz CT molecular complexity index is 342. The SMILES string of the molecule is COc1cccc(NCC2(CN)CCC2)c1. The maximum absolute atomic E-state index is 5.82. The third-order valence-corrected chi connectivity index (χ3v) is 3.58. The zero-order valence-corrected chi connectivity index (χ0v) is 9.83. The number of nitrogens with two attached hydrogens (primary N) is 1. The monoisotopic (exact) mass is 220 g/mol. The van der Waals surface area contributed by atoms with E-state index in [9.17, 15) is 0 Å². The van der Waals surface area contributed by atoms with Crippen LogP contribution < -0.4 is 15.8 Å². The highest BCUT2D eigenvalue weighted by Gasteiger charge is 2.35. The van der Waals surface area contributed by atoms with Gasteiger partial charge in [0.1, 0.15) is 5.75 Å². The Morgan fingerprint density at radius 1 is 1.44 bits per heavy atom. The molecule has 88 valence electrons. The molecule has 0 radical (unpaired) electrons. The van der Waals surface area contributed by atoms with Crippen LogP contribution in [0, 0.1) is 5.41 Å². The second kappa shape index (κ2) is 4.74. The quantitative estimate of drug-likeness (QED) is 0.800. The Labute approximate surface area is 97.0 Å². The fourth-order valence-electron chi connectivity index (χ4n) is 2.15. The summed E-state index contributed by atoms with van der Waals surface area (Å²) in [6, 6.07) is 8.03. The molecule has 1 aromatic carbocycles. The van der Waals surface area contributed by atoms with Crippen molar-refractivity contribution in [3.05, 3.63) is 24.3 Å². The molecule has 16 heavy (non-hydrogen) atoms. The first kappa shape index (κ1) is 11.3. The van der Waals surface area contributed by atoms with Crippen LogP contribution in [0.5, 0.6) is 5.75 Å². The van der Waals surface area contributed by atoms with Crippen molar-refractivity contribution in [2.24, 2.45) is 11.1 Å². The third-order valence-electron chi connectivity index (χ3n) is 3.58. The molecule has 1 aliphatic rings. The molecule has 0 aliphatic heterocycles. The summed E-state index contributed by atoms with van der Waals surface area (Å²) in [5.74, 6) is 0.889. The zero-order valence-electron chi connectivity index (χ0n) is 9.83. The van der Waals surface area contributed by atoms with Gasteiger partial charge in [0.2, 0.25) is 0 Å². The van der Waals surface area contributed by atoms with Gasteiger partial charge >= 0.3 is 0 Å². The maximum atomic E-state index is 5.82. The smallest absolute Gasteiger partial charge is 0.120 e. The van der Waals surface area contributed by atoms with E-state index in [0.717, 1.165) is 24.5 Å². The standard InChI is InChI=1S/C13H20N2O/c1-16-12-5-2-4-11(8-12)15-10-13(9-14)6-3-7-13/h2,4-5,8,15H,3,6-7,9-10,14H2,1H3. The molecule has 0 bridgehead atoms. The van der Waals surface area contributed by atoms with Gasteiger partial charge in [0.15, 0.2) is 0 Å². The number of ether oxygens (including phenoxy) is 1. The Balaban J connectivity index is 1.93. The van der Waals surface area contributed by atoms with E-state index in [1.807, 2.05) is 18.2 Å². The minimum Gasteiger partial charge on any atom is -0.497 e. The fourth-order valence-corrected chi connectivity index (χ4v) is 2.15. The molecule has 3 heteroatoms. The van der Waals surface area contributed by atoms with Crippen molar-refractivity contribution in [2.75, 3.05) is 25.5 Å². The van der Waals surface area contributed by atoms with Crippen molar-refractivity contribution in [1.82, 2.24) is 0 Å². The highest BCUT2D eigenvalue weighted by molar-refractivity contribution is 5.48. The lowest BCUT2D eigenvalue weighted by Crippen LogP contribution is -2.42. The second-order valence-electron chi connectivity index (χ2n) is 4.64. The minimum absolute atomic E-state index is 0.336. The van der Waals surface area contributed by atoms with Gasteiger partial charge in [-0.1, -0.05) is 12.5 Å². The predicted molar refractivity (Wildman–Crippen MR) is 66.8 cm³/mol. The summed E-state index contributed by atoms with van der Waals surface area (Å²) in [7, 11) is 1.69. The lowest BCUT2D eigenvalue weighted by molar-refractivity contribution is 0.163. The summed E-state index contributed by atoms with van der Waals surface area (Å²) in [5, 5.41) is 3.45. The summed E-state index contributed by atoms with van der Waals surface area (Å²) in [4.78, 5) is 0. The first-order chi connectivity index (χ1) is 7.78. The van der Waals surface area contributed by atoms with Crippen LogP contribution in [0.25, 0.3) is 0 Å². The van der Waals surface area contributed by atoms with Crippen molar-refractivity contribution in [3.63, 3.8) is 0 Å². The van der Waals surface area contributed by atoms with Crippen LogP contribution in [0.4, 0.5) is 5.69 Å². The van der Waals surface area contributed by atoms with E-state index in [4.69, 9.17) is 10.5 Å². The zero-order chi connectivity index (χ0) is 11.4. The highest BCUT2D eigenvalue weighted by Crippen LogP contribution is 2.39. The average molecular weight is 220 g/mol. The molecule has 1 aromatic rings. The lowest BCUT2D eigenvalue weighted by Gasteiger charge is -2.41. The predicted octanol–water partition coefficient (Wildman–Crippen LogP) is 2.24. The number of methoxy groups -OCH3 is 1. The summed E-state index contributed by atoms with van der Waals surface area (Å²) >= 11 is 0. The van der Waals surface area contributed by atoms with Crippen molar-refractivity contribution in [2.45, 2.75) is 19.3 Å². The first-order valence-electron chi connectivity index (χ1n) is 5.86. The molecule has 0 spiro atoms. The first-order valence-corrected chi connectivity index (χ1v) is 5.86. The van der Waals surface area contributed by atoms with Gasteiger partial charge in [0, 0.05) is 18.3 Å². The highest BCUT2D eigenvalue weighted by atomic mass is 16.5. The van der Waals surface area contributed by atoms with Crippen molar-refractivity contribution in [1.29, 1.82) is 0 Å². The number of hydrogen-bond donors (Lipinski definition) is 2. The van der Waals surface area contributed by atoms with Gasteiger partial charge in [-0.3, -0.25) is 0 Å². The van der Waals surface area contributed by atoms with Gasteiger partial charge in [0.05, 0.1) is 7.11 Å². The molecular formula is C13H20N2O. The van der Waals surface area contributed by atoms with Crippen LogP contribution in [-0.4, -0.2) is 20.2 Å². The lowest BCUT2D eigenvalue weighted by atomic mass is 9.69. The minimum atomic E-state index is 0.336. The number of nitrogens with one attached hydrogen (secondary N) is 1. The van der Waals surface area contributed by atoms with E-state index in [1.165, 1.54) is 19.3 Å². The van der Waals surface area contributed by atoms with Crippen LogP contribution in [0.15, 0.2) is 24.3 Å². The molecule has 0 saturated heterocycles. The van der Waals surface area contributed by atoms with Gasteiger partial charge in [-0.15, -0.1) is 0 Å². The largest absolute Gasteiger partial charge is 0.497 e. The van der Waals surface area contributed by atoms with E-state index < -0.39 is 0 Å². The Morgan fingerprint density at radius 2 is 2.25 bits per heavy atom. The Hall–Kier alpha value is -1.22. The Kier molecular flexibility index (Phi) is 3.34. The van der Waals surface area contributed by atoms with E-state index >= 15 is 0 Å². The third kappa shape index (κ3) is 2.30. The van der Waals surface area contributed by atoms with Gasteiger partial charge in [-0.05, 0) is 36.9 Å². The average Bonchev–Trinajstić information content (AvgIpc) is 2.29. The summed E-state index contributed by atoms with van der Waals surface area (Å²) in [5.41, 5.74) is 7.27. The molecule has 1 fully saturated rings. The van der Waals surface area contributed by atoms with E-state index in [2.05, 4.69) is 11.4 Å². The van der Waals surface area contributed by atoms with E-state index in [-0.39, 0.29) is 0 Å². The van der Waals surface area contributed by atoms with Crippen molar-refractivity contribution < 1.29 is 4.74 Å². The number of rotatable bonds is 5. The molecule has 2 rings (SSSR count). The molecule has 0 unspecified atom stereocenters. The normalized spacial score (nSPS) is 17.6. The second-order valence-corrected chi connectivity index (χ2v) is 4.64. The van der Waals surface area contributed by atoms with Crippen molar-refractivity contribution >= 4 is 5.69 Å². The molecule has 0 aromatic heterocycles. The summed E-state index contributed by atoms with van der Waals surface area (Å²) in [6.07, 6.45) is 3.82. The molecular weight excluding hydrogens is 200 g/mol. The Morgan fingerprint density at radius 3 is 2.81 bits per heavy atom. The summed E-state index contributed by atoms with van der Waals surface area (Å²) in [6.45, 7) is 1.75. The molecule has 0 heterocycles. The van der Waals surface area contributed by atoms with E-state index in [1.54, 1.807) is 7.11 Å². The maximum Gasteiger partial charge on any atom is 0.120 e. The summed E-state index contributed by atoms with van der Waals surface area (Å²) < 4.78 is 5.19. The molecule has 1 saturated carbocycles. The molecule has 3 N–H and O–H groups in total. The molecule has 3 nitrogen and oxygen atoms in total. The van der Waals surface area contributed by atoms with Crippen LogP contribution >= 0.6 is 0 Å². The number of anilines is 1. The molecule has 0 amide bonds. The van der Waals surface area contributed by atoms with E-state index in [0.29, 0.717) is 5.41 Å². The topological polar surface area (TPSA) is 47.3 Å². The van der Waals surface area contributed by atoms with Crippen LogP contribution in [0.1, 0.15) is 19.3 Å². The van der Waals surface area contributed by atoms with Crippen LogP contribution in [-0.2, 0) is 0 Å². The number of hydrogen-bond acceptors (Lipinski definition) is 3.